The van der Waals surface area contributed by atoms with E-state index in [1.54, 1.807) is 20.8 Å². The molecule has 1 N–H and O–H groups in total. The lowest BCUT2D eigenvalue weighted by Crippen LogP contribution is -2.29. The molecule has 0 aromatic heterocycles. The maximum Gasteiger partial charge on any atom is 0.243 e. The minimum absolute atomic E-state index is 0.245. The molecule has 0 atom stereocenters. The van der Waals surface area contributed by atoms with E-state index in [1.165, 1.54) is 0 Å². The van der Waals surface area contributed by atoms with Crippen molar-refractivity contribution < 1.29 is 14.6 Å². The van der Waals surface area contributed by atoms with Crippen LogP contribution in [0.15, 0.2) is 11.5 Å². The quantitative estimate of drug-likeness (QED) is 0.552. The van der Waals surface area contributed by atoms with Gasteiger partial charge in [0.25, 0.3) is 0 Å². The van der Waals surface area contributed by atoms with E-state index in [4.69, 9.17) is 9.84 Å². The van der Waals surface area contributed by atoms with E-state index in [0.29, 0.717) is 5.76 Å². The van der Waals surface area contributed by atoms with Crippen molar-refractivity contribution in [3.63, 3.8) is 0 Å². The Morgan fingerprint density at radius 2 is 2.00 bits per heavy atom. The Morgan fingerprint density at radius 1 is 1.50 bits per heavy atom. The van der Waals surface area contributed by atoms with Gasteiger partial charge in [0.15, 0.2) is 5.60 Å². The van der Waals surface area contributed by atoms with Gasteiger partial charge in [0.05, 0.1) is 0 Å². The van der Waals surface area contributed by atoms with Crippen molar-refractivity contribution in [1.82, 2.24) is 0 Å². The third-order valence-corrected chi connectivity index (χ3v) is 1.50. The smallest absolute Gasteiger partial charge is 0.243 e. The van der Waals surface area contributed by atoms with Crippen LogP contribution in [0.2, 0.25) is 0 Å². The summed E-state index contributed by atoms with van der Waals surface area (Å²) in [5.41, 5.74) is -0.867. The van der Waals surface area contributed by atoms with Gasteiger partial charge in [0.1, 0.15) is 5.76 Å². The van der Waals surface area contributed by atoms with E-state index in [1.807, 2.05) is 0 Å². The van der Waals surface area contributed by atoms with Gasteiger partial charge in [-0.2, -0.15) is 0 Å². The van der Waals surface area contributed by atoms with Crippen LogP contribution in [0.5, 0.6) is 0 Å². The van der Waals surface area contributed by atoms with Crippen molar-refractivity contribution in [2.75, 3.05) is 0 Å². The fourth-order valence-corrected chi connectivity index (χ4v) is 0.922. The molecule has 56 valence electrons. The molecule has 0 bridgehead atoms. The van der Waals surface area contributed by atoms with E-state index >= 15 is 0 Å². The Labute approximate surface area is 59.3 Å². The molecule has 0 radical (unpaired) electrons. The number of aliphatic hydroxyl groups excluding tert-OH is 1. The fraction of sp³-hybridized carbons (Fsp3) is 0.571. The van der Waals surface area contributed by atoms with Crippen LogP contribution in [0, 0.1) is 0 Å². The van der Waals surface area contributed by atoms with E-state index in [-0.39, 0.29) is 11.5 Å². The molecule has 0 unspecified atom stereocenters. The number of carbonyl (C=O) groups is 1. The molecule has 0 saturated carbocycles. The van der Waals surface area contributed by atoms with E-state index in [0.717, 1.165) is 0 Å². The molecule has 10 heavy (non-hydrogen) atoms. The molecule has 0 saturated heterocycles. The van der Waals surface area contributed by atoms with Gasteiger partial charge in [-0.25, -0.2) is 0 Å². The third-order valence-electron chi connectivity index (χ3n) is 1.50. The lowest BCUT2D eigenvalue weighted by atomic mass is 10.0. The lowest BCUT2D eigenvalue weighted by molar-refractivity contribution is -0.129. The lowest BCUT2D eigenvalue weighted by Gasteiger charge is -2.15. The fourth-order valence-electron chi connectivity index (χ4n) is 0.922. The van der Waals surface area contributed by atoms with Crippen molar-refractivity contribution in [2.24, 2.45) is 0 Å². The number of carbonyl (C=O) groups excluding carboxylic acids is 1. The second-order valence-corrected chi connectivity index (χ2v) is 2.85. The first-order valence-electron chi connectivity index (χ1n) is 3.09. The van der Waals surface area contributed by atoms with Gasteiger partial charge in [-0.05, 0) is 20.8 Å². The average molecular weight is 142 g/mol. The van der Waals surface area contributed by atoms with Crippen LogP contribution in [0.4, 0.5) is 0 Å². The normalized spacial score (nSPS) is 23.3. The largest absolute Gasteiger partial charge is 0.502 e. The maximum absolute atomic E-state index is 11.0. The Morgan fingerprint density at radius 3 is 2.10 bits per heavy atom. The van der Waals surface area contributed by atoms with Gasteiger partial charge < -0.3 is 9.84 Å². The molecule has 0 aromatic carbocycles. The molecule has 1 heterocycles. The van der Waals surface area contributed by atoms with Crippen LogP contribution < -0.4 is 0 Å². The Hall–Kier alpha value is -0.990. The van der Waals surface area contributed by atoms with Gasteiger partial charge in [-0.1, -0.05) is 0 Å². The molecular weight excluding hydrogens is 132 g/mol. The van der Waals surface area contributed by atoms with Crippen molar-refractivity contribution in [2.45, 2.75) is 26.4 Å². The topological polar surface area (TPSA) is 46.5 Å². The highest BCUT2D eigenvalue weighted by molar-refractivity contribution is 6.01. The molecular formula is C7H10O3. The van der Waals surface area contributed by atoms with Crippen LogP contribution in [-0.4, -0.2) is 16.5 Å². The average Bonchev–Trinajstić information content (AvgIpc) is 1.95. The van der Waals surface area contributed by atoms with Crippen molar-refractivity contribution in [3.05, 3.63) is 11.5 Å². The molecule has 0 amide bonds. The highest BCUT2D eigenvalue weighted by atomic mass is 16.5. The Bertz CT molecular complexity index is 213. The molecule has 0 fully saturated rings. The zero-order chi connectivity index (χ0) is 7.94. The summed E-state index contributed by atoms with van der Waals surface area (Å²) in [6.07, 6.45) is 0. The molecule has 1 aliphatic rings. The monoisotopic (exact) mass is 142 g/mol. The first-order valence-corrected chi connectivity index (χ1v) is 3.09. The first-order chi connectivity index (χ1) is 4.45. The molecule has 0 aliphatic carbocycles. The molecule has 0 spiro atoms. The van der Waals surface area contributed by atoms with Gasteiger partial charge in [0.2, 0.25) is 11.5 Å². The summed E-state index contributed by atoms with van der Waals surface area (Å²) in [4.78, 5) is 11.0. The minimum atomic E-state index is -0.867. The van der Waals surface area contributed by atoms with Gasteiger partial charge in [-0.15, -0.1) is 0 Å². The number of hydrogen-bond donors (Lipinski definition) is 1. The number of Topliss-reactive ketones (excluding diaryl/α,β-unsaturated/α-hetero) is 1. The van der Waals surface area contributed by atoms with Crippen LogP contribution in [0.1, 0.15) is 20.8 Å². The Balaban J connectivity index is 2.99. The third kappa shape index (κ3) is 0.781. The van der Waals surface area contributed by atoms with Crippen molar-refractivity contribution in [3.8, 4) is 0 Å². The Kier molecular flexibility index (Phi) is 1.24. The van der Waals surface area contributed by atoms with Crippen LogP contribution in [0.3, 0.4) is 0 Å². The summed E-state index contributed by atoms with van der Waals surface area (Å²) in [5, 5.41) is 9.01. The van der Waals surface area contributed by atoms with Crippen LogP contribution >= 0.6 is 0 Å². The predicted octanol–water partition coefficient (Wildman–Crippen LogP) is 1.15. The predicted molar refractivity (Wildman–Crippen MR) is 35.5 cm³/mol. The number of allylic oxidation sites excluding steroid dienone is 1. The molecule has 1 aliphatic heterocycles. The number of ketones is 1. The summed E-state index contributed by atoms with van der Waals surface area (Å²) in [7, 11) is 0. The van der Waals surface area contributed by atoms with E-state index in [2.05, 4.69) is 0 Å². The second kappa shape index (κ2) is 1.75. The standard InChI is InChI=1S/C7H10O3/c1-4-5(8)6(9)7(2,3)10-4/h8H,1-3H3. The molecule has 3 heteroatoms. The van der Waals surface area contributed by atoms with E-state index in [9.17, 15) is 4.79 Å². The van der Waals surface area contributed by atoms with Crippen LogP contribution in [0.25, 0.3) is 0 Å². The highest BCUT2D eigenvalue weighted by Gasteiger charge is 2.40. The first kappa shape index (κ1) is 7.12. The summed E-state index contributed by atoms with van der Waals surface area (Å²) in [6.45, 7) is 4.83. The number of ether oxygens (including phenoxy) is 1. The SMILES string of the molecule is CC1=C(O)C(=O)C(C)(C)O1. The molecule has 1 rings (SSSR count). The van der Waals surface area contributed by atoms with E-state index < -0.39 is 5.60 Å². The zero-order valence-corrected chi connectivity index (χ0v) is 6.26. The number of hydrogen-bond acceptors (Lipinski definition) is 3. The number of rotatable bonds is 0. The minimum Gasteiger partial charge on any atom is -0.502 e. The second-order valence-electron chi connectivity index (χ2n) is 2.85. The molecule has 3 nitrogen and oxygen atoms in total. The van der Waals surface area contributed by atoms with Crippen LogP contribution in [-0.2, 0) is 9.53 Å². The highest BCUT2D eigenvalue weighted by Crippen LogP contribution is 2.27. The zero-order valence-electron chi connectivity index (χ0n) is 6.26. The van der Waals surface area contributed by atoms with Gasteiger partial charge in [0, 0.05) is 0 Å². The summed E-state index contributed by atoms with van der Waals surface area (Å²) in [5.74, 6) is -0.273. The van der Waals surface area contributed by atoms with Crippen molar-refractivity contribution >= 4 is 5.78 Å². The van der Waals surface area contributed by atoms with Gasteiger partial charge in [-0.3, -0.25) is 4.79 Å². The number of aliphatic hydroxyl groups is 1. The summed E-state index contributed by atoms with van der Waals surface area (Å²) in [6, 6.07) is 0. The molecule has 0 aromatic rings. The maximum atomic E-state index is 11.0. The summed E-state index contributed by atoms with van der Waals surface area (Å²) < 4.78 is 5.05. The van der Waals surface area contributed by atoms with Gasteiger partial charge >= 0.3 is 0 Å². The van der Waals surface area contributed by atoms with Crippen molar-refractivity contribution in [1.29, 1.82) is 0 Å². The summed E-state index contributed by atoms with van der Waals surface area (Å²) >= 11 is 0.